The molecule has 0 radical (unpaired) electrons. The number of carbonyl (C=O) groups is 1. The lowest BCUT2D eigenvalue weighted by atomic mass is 9.84. The molecule has 0 aromatic carbocycles. The number of rotatable bonds is 5. The molecule has 1 aliphatic rings. The van der Waals surface area contributed by atoms with E-state index in [0.717, 1.165) is 12.8 Å². The lowest BCUT2D eigenvalue weighted by Gasteiger charge is -2.41. The van der Waals surface area contributed by atoms with Gasteiger partial charge >= 0.3 is 5.97 Å². The first-order valence-corrected chi connectivity index (χ1v) is 10.8. The van der Waals surface area contributed by atoms with E-state index in [1.807, 2.05) is 0 Å². The van der Waals surface area contributed by atoms with Crippen molar-refractivity contribution in [2.75, 3.05) is 7.11 Å². The zero-order valence-electron chi connectivity index (χ0n) is 14.1. The number of ether oxygens (including phenoxy) is 1. The molecule has 2 atom stereocenters. The number of carbonyl (C=O) groups excluding carboxylic acids is 1. The fourth-order valence-corrected chi connectivity index (χ4v) is 4.03. The summed E-state index contributed by atoms with van der Waals surface area (Å²) < 4.78 is 11.3. The highest BCUT2D eigenvalue weighted by Crippen LogP contribution is 2.40. The molecule has 0 N–H and O–H groups in total. The molecule has 0 unspecified atom stereocenters. The number of hydrogen-bond donors (Lipinski definition) is 0. The second-order valence-electron chi connectivity index (χ2n) is 7.65. The van der Waals surface area contributed by atoms with Crippen LogP contribution >= 0.6 is 0 Å². The minimum Gasteiger partial charge on any atom is -0.469 e. The zero-order valence-corrected chi connectivity index (χ0v) is 15.1. The molecule has 4 heteroatoms. The third-order valence-electron chi connectivity index (χ3n) is 4.99. The summed E-state index contributed by atoms with van der Waals surface area (Å²) in [6.07, 6.45) is 6.65. The highest BCUT2D eigenvalue weighted by atomic mass is 28.4. The molecule has 1 rings (SSSR count). The summed E-state index contributed by atoms with van der Waals surface area (Å²) >= 11 is 0. The molecule has 118 valence electrons. The van der Waals surface area contributed by atoms with Gasteiger partial charge in [0, 0.05) is 12.5 Å². The van der Waals surface area contributed by atoms with E-state index in [9.17, 15) is 4.79 Å². The Kier molecular flexibility index (Phi) is 6.26. The van der Waals surface area contributed by atoms with Crippen LogP contribution in [0.5, 0.6) is 0 Å². The van der Waals surface area contributed by atoms with Crippen molar-refractivity contribution in [3.8, 4) is 0 Å². The van der Waals surface area contributed by atoms with Crippen molar-refractivity contribution in [1.82, 2.24) is 0 Å². The highest BCUT2D eigenvalue weighted by molar-refractivity contribution is 6.74. The first-order chi connectivity index (χ1) is 9.15. The molecule has 1 aliphatic carbocycles. The molecule has 0 spiro atoms. The fourth-order valence-electron chi connectivity index (χ4n) is 2.63. The first kappa shape index (κ1) is 17.7. The van der Waals surface area contributed by atoms with Crippen molar-refractivity contribution < 1.29 is 14.0 Å². The first-order valence-electron chi connectivity index (χ1n) is 7.90. The lowest BCUT2D eigenvalue weighted by Crippen LogP contribution is -2.45. The van der Waals surface area contributed by atoms with Gasteiger partial charge < -0.3 is 9.16 Å². The summed E-state index contributed by atoms with van der Waals surface area (Å²) in [5, 5.41) is 0.270. The van der Waals surface area contributed by atoms with Crippen LogP contribution in [0.4, 0.5) is 0 Å². The number of esters is 1. The van der Waals surface area contributed by atoms with Crippen LogP contribution in [0.3, 0.4) is 0 Å². The third-order valence-corrected chi connectivity index (χ3v) is 9.52. The van der Waals surface area contributed by atoms with Crippen LogP contribution < -0.4 is 0 Å². The largest absolute Gasteiger partial charge is 0.469 e. The van der Waals surface area contributed by atoms with Crippen molar-refractivity contribution >= 4 is 14.3 Å². The highest BCUT2D eigenvalue weighted by Gasteiger charge is 2.40. The van der Waals surface area contributed by atoms with Gasteiger partial charge in [0.05, 0.1) is 7.11 Å². The Morgan fingerprint density at radius 3 is 2.45 bits per heavy atom. The Morgan fingerprint density at radius 2 is 1.90 bits per heavy atom. The summed E-state index contributed by atoms with van der Waals surface area (Å²) in [6.45, 7) is 11.5. The van der Waals surface area contributed by atoms with Crippen LogP contribution in [0.15, 0.2) is 0 Å². The average Bonchev–Trinajstić information content (AvgIpc) is 2.34. The maximum Gasteiger partial charge on any atom is 0.305 e. The van der Waals surface area contributed by atoms with E-state index in [0.29, 0.717) is 18.4 Å². The average molecular weight is 301 g/mol. The van der Waals surface area contributed by atoms with E-state index >= 15 is 0 Å². The maximum absolute atomic E-state index is 11.2. The van der Waals surface area contributed by atoms with Crippen molar-refractivity contribution in [3.63, 3.8) is 0 Å². The SMILES string of the molecule is COC(=O)CC[C@@H]1CCC[C@@H](O[Si](C)(C)C(C)(C)C)C1. The Bertz CT molecular complexity index is 320. The Balaban J connectivity index is 2.47. The van der Waals surface area contributed by atoms with Crippen LogP contribution in [-0.2, 0) is 14.0 Å². The van der Waals surface area contributed by atoms with Crippen LogP contribution in [-0.4, -0.2) is 27.5 Å². The van der Waals surface area contributed by atoms with Gasteiger partial charge in [-0.2, -0.15) is 0 Å². The standard InChI is InChI=1S/C16H32O3Si/c1-16(2,3)20(5,6)19-14-9-7-8-13(12-14)10-11-15(17)18-4/h13-14H,7-12H2,1-6H3/t13-,14+/m0/s1. The van der Waals surface area contributed by atoms with Crippen LogP contribution in [0.25, 0.3) is 0 Å². The molecule has 0 amide bonds. The van der Waals surface area contributed by atoms with Gasteiger partial charge in [-0.25, -0.2) is 0 Å². The maximum atomic E-state index is 11.2. The molecule has 0 bridgehead atoms. The zero-order chi connectivity index (χ0) is 15.4. The normalized spacial score (nSPS) is 24.5. The molecule has 0 saturated heterocycles. The molecule has 0 aliphatic heterocycles. The summed E-state index contributed by atoms with van der Waals surface area (Å²) in [5.41, 5.74) is 0. The summed E-state index contributed by atoms with van der Waals surface area (Å²) in [7, 11) is -0.200. The molecular weight excluding hydrogens is 268 g/mol. The van der Waals surface area contributed by atoms with E-state index in [1.165, 1.54) is 26.4 Å². The van der Waals surface area contributed by atoms with Crippen molar-refractivity contribution in [2.45, 2.75) is 83.5 Å². The fraction of sp³-hybridized carbons (Fsp3) is 0.938. The van der Waals surface area contributed by atoms with Crippen LogP contribution in [0.2, 0.25) is 18.1 Å². The van der Waals surface area contributed by atoms with Gasteiger partial charge in [0.15, 0.2) is 8.32 Å². The van der Waals surface area contributed by atoms with Gasteiger partial charge in [0.2, 0.25) is 0 Å². The van der Waals surface area contributed by atoms with Crippen LogP contribution in [0.1, 0.15) is 59.3 Å². The second kappa shape index (κ2) is 7.08. The quantitative estimate of drug-likeness (QED) is 0.553. The monoisotopic (exact) mass is 300 g/mol. The third kappa shape index (κ3) is 5.21. The molecule has 0 aromatic rings. The van der Waals surface area contributed by atoms with E-state index in [4.69, 9.17) is 9.16 Å². The van der Waals surface area contributed by atoms with Crippen molar-refractivity contribution in [3.05, 3.63) is 0 Å². The Labute approximate surface area is 125 Å². The summed E-state index contributed by atoms with van der Waals surface area (Å²) in [6, 6.07) is 0. The molecule has 3 nitrogen and oxygen atoms in total. The minimum absolute atomic E-state index is 0.0857. The van der Waals surface area contributed by atoms with E-state index in [-0.39, 0.29) is 11.0 Å². The topological polar surface area (TPSA) is 35.5 Å². The predicted molar refractivity (Wildman–Crippen MR) is 85.3 cm³/mol. The molecule has 1 saturated carbocycles. The van der Waals surface area contributed by atoms with E-state index in [2.05, 4.69) is 33.9 Å². The second-order valence-corrected chi connectivity index (χ2v) is 12.4. The molecular formula is C16H32O3Si. The summed E-state index contributed by atoms with van der Waals surface area (Å²) in [5.74, 6) is 0.537. The van der Waals surface area contributed by atoms with Gasteiger partial charge in [-0.1, -0.05) is 33.6 Å². The number of hydrogen-bond acceptors (Lipinski definition) is 3. The molecule has 0 heterocycles. The Morgan fingerprint density at radius 1 is 1.25 bits per heavy atom. The van der Waals surface area contributed by atoms with E-state index < -0.39 is 8.32 Å². The van der Waals surface area contributed by atoms with Gasteiger partial charge in [0.1, 0.15) is 0 Å². The summed E-state index contributed by atoms with van der Waals surface area (Å²) in [4.78, 5) is 11.2. The Hall–Kier alpha value is -0.353. The predicted octanol–water partition coefficient (Wildman–Crippen LogP) is 4.52. The van der Waals surface area contributed by atoms with Gasteiger partial charge in [-0.05, 0) is 43.3 Å². The van der Waals surface area contributed by atoms with Gasteiger partial charge in [-0.3, -0.25) is 4.79 Å². The van der Waals surface area contributed by atoms with Gasteiger partial charge in [-0.15, -0.1) is 0 Å². The minimum atomic E-state index is -1.67. The van der Waals surface area contributed by atoms with Crippen LogP contribution in [0, 0.1) is 5.92 Å². The molecule has 1 fully saturated rings. The van der Waals surface area contributed by atoms with Gasteiger partial charge in [0.25, 0.3) is 0 Å². The van der Waals surface area contributed by atoms with E-state index in [1.54, 1.807) is 0 Å². The lowest BCUT2D eigenvalue weighted by molar-refractivity contribution is -0.141. The van der Waals surface area contributed by atoms with Crippen molar-refractivity contribution in [2.24, 2.45) is 5.92 Å². The van der Waals surface area contributed by atoms with Crippen molar-refractivity contribution in [1.29, 1.82) is 0 Å². The molecule has 20 heavy (non-hydrogen) atoms. The number of methoxy groups -OCH3 is 1. The smallest absolute Gasteiger partial charge is 0.305 e. The molecule has 0 aromatic heterocycles.